The molecule has 1 amide bonds. The molecule has 6 nitrogen and oxygen atoms in total. The van der Waals surface area contributed by atoms with Gasteiger partial charge in [-0.25, -0.2) is 21.9 Å². The third kappa shape index (κ3) is 3.81. The van der Waals surface area contributed by atoms with Crippen LogP contribution >= 0.6 is 0 Å². The SMILES string of the molecule is CC(C)C1NS(=O)(=O)c2cn(C)c(C(=O)Nc3ccc(F)c(F)c3)c2C(C)C1C. The monoisotopic (exact) mass is 425 g/mol. The van der Waals surface area contributed by atoms with Crippen molar-refractivity contribution in [1.29, 1.82) is 0 Å². The van der Waals surface area contributed by atoms with Gasteiger partial charge in [0.2, 0.25) is 10.0 Å². The minimum absolute atomic E-state index is 0.0664. The first-order valence-electron chi connectivity index (χ1n) is 9.42. The van der Waals surface area contributed by atoms with Crippen molar-refractivity contribution in [3.63, 3.8) is 0 Å². The highest BCUT2D eigenvalue weighted by Gasteiger charge is 2.41. The second-order valence-corrected chi connectivity index (χ2v) is 9.67. The molecule has 0 saturated carbocycles. The van der Waals surface area contributed by atoms with Gasteiger partial charge in [0.25, 0.3) is 5.91 Å². The number of fused-ring (bicyclic) bond motifs is 1. The van der Waals surface area contributed by atoms with Gasteiger partial charge in [-0.05, 0) is 29.9 Å². The summed E-state index contributed by atoms with van der Waals surface area (Å²) in [5, 5.41) is 2.54. The number of sulfonamides is 1. The molecule has 1 aromatic carbocycles. The molecule has 2 heterocycles. The zero-order valence-corrected chi connectivity index (χ0v) is 17.8. The molecular weight excluding hydrogens is 400 g/mol. The van der Waals surface area contributed by atoms with Crippen LogP contribution in [0.1, 0.15) is 49.7 Å². The van der Waals surface area contributed by atoms with Crippen molar-refractivity contribution >= 4 is 21.6 Å². The van der Waals surface area contributed by atoms with Crippen molar-refractivity contribution in [3.05, 3.63) is 47.3 Å². The predicted molar refractivity (Wildman–Crippen MR) is 106 cm³/mol. The van der Waals surface area contributed by atoms with Crippen LogP contribution in [-0.4, -0.2) is 24.9 Å². The molecule has 0 bridgehead atoms. The fraction of sp³-hybridized carbons (Fsp3) is 0.450. The maximum atomic E-state index is 13.5. The number of aromatic nitrogens is 1. The molecule has 1 aliphatic rings. The van der Waals surface area contributed by atoms with Gasteiger partial charge in [-0.2, -0.15) is 0 Å². The van der Waals surface area contributed by atoms with Gasteiger partial charge in [-0.15, -0.1) is 0 Å². The summed E-state index contributed by atoms with van der Waals surface area (Å²) in [6.07, 6.45) is 1.42. The lowest BCUT2D eigenvalue weighted by Crippen LogP contribution is -2.42. The normalized spacial score (nSPS) is 23.5. The summed E-state index contributed by atoms with van der Waals surface area (Å²) in [5.41, 5.74) is 0.689. The Bertz CT molecular complexity index is 1060. The van der Waals surface area contributed by atoms with Crippen LogP contribution in [0.5, 0.6) is 0 Å². The molecule has 0 saturated heterocycles. The number of benzene rings is 1. The first-order chi connectivity index (χ1) is 13.4. The van der Waals surface area contributed by atoms with E-state index in [4.69, 9.17) is 0 Å². The Morgan fingerprint density at radius 2 is 1.86 bits per heavy atom. The van der Waals surface area contributed by atoms with E-state index in [1.807, 2.05) is 27.7 Å². The fourth-order valence-electron chi connectivity index (χ4n) is 3.98. The van der Waals surface area contributed by atoms with Crippen molar-refractivity contribution in [1.82, 2.24) is 9.29 Å². The van der Waals surface area contributed by atoms with Crippen LogP contribution in [0.4, 0.5) is 14.5 Å². The number of anilines is 1. The van der Waals surface area contributed by atoms with E-state index >= 15 is 0 Å². The molecule has 29 heavy (non-hydrogen) atoms. The summed E-state index contributed by atoms with van der Waals surface area (Å²) in [5.74, 6) is -2.91. The lowest BCUT2D eigenvalue weighted by molar-refractivity contribution is 0.101. The number of hydrogen-bond acceptors (Lipinski definition) is 3. The molecule has 3 unspecified atom stereocenters. The molecule has 0 spiro atoms. The largest absolute Gasteiger partial charge is 0.345 e. The average Bonchev–Trinajstić information content (AvgIpc) is 2.96. The van der Waals surface area contributed by atoms with Crippen LogP contribution in [0.2, 0.25) is 0 Å². The highest BCUT2D eigenvalue weighted by Crippen LogP contribution is 2.40. The lowest BCUT2D eigenvalue weighted by atomic mass is 9.80. The number of nitrogens with one attached hydrogen (secondary N) is 2. The number of amides is 1. The third-order valence-corrected chi connectivity index (χ3v) is 7.17. The number of aryl methyl sites for hydroxylation is 1. The van der Waals surface area contributed by atoms with E-state index < -0.39 is 27.6 Å². The van der Waals surface area contributed by atoms with Crippen LogP contribution in [0, 0.1) is 23.5 Å². The van der Waals surface area contributed by atoms with Crippen LogP contribution in [-0.2, 0) is 17.1 Å². The smallest absolute Gasteiger partial charge is 0.272 e. The van der Waals surface area contributed by atoms with Crippen LogP contribution in [0.15, 0.2) is 29.3 Å². The van der Waals surface area contributed by atoms with E-state index in [0.717, 1.165) is 12.1 Å². The Hall–Kier alpha value is -2.26. The van der Waals surface area contributed by atoms with E-state index in [2.05, 4.69) is 10.0 Å². The Morgan fingerprint density at radius 3 is 2.45 bits per heavy atom. The molecule has 158 valence electrons. The predicted octanol–water partition coefficient (Wildman–Crippen LogP) is 3.61. The quantitative estimate of drug-likeness (QED) is 0.788. The molecule has 0 radical (unpaired) electrons. The van der Waals surface area contributed by atoms with E-state index in [1.54, 1.807) is 7.05 Å². The van der Waals surface area contributed by atoms with Gasteiger partial charge >= 0.3 is 0 Å². The molecule has 3 rings (SSSR count). The van der Waals surface area contributed by atoms with Gasteiger partial charge in [-0.1, -0.05) is 27.7 Å². The molecule has 9 heteroatoms. The second-order valence-electron chi connectivity index (χ2n) is 7.99. The zero-order chi connectivity index (χ0) is 21.7. The van der Waals surface area contributed by atoms with Crippen molar-refractivity contribution < 1.29 is 22.0 Å². The molecular formula is C20H25F2N3O3S. The Morgan fingerprint density at radius 1 is 1.21 bits per heavy atom. The van der Waals surface area contributed by atoms with Crippen molar-refractivity contribution in [2.45, 2.75) is 44.6 Å². The standard InChI is InChI=1S/C20H25F2N3O3S/c1-10(2)18-12(4)11(3)17-16(29(27,28)24-18)9-25(5)19(17)20(26)23-13-6-7-14(21)15(22)8-13/h6-12,18,24H,1-5H3,(H,23,26). The van der Waals surface area contributed by atoms with Crippen LogP contribution < -0.4 is 10.0 Å². The molecule has 0 aliphatic carbocycles. The van der Waals surface area contributed by atoms with Gasteiger partial charge in [-0.3, -0.25) is 4.79 Å². The first-order valence-corrected chi connectivity index (χ1v) is 10.9. The van der Waals surface area contributed by atoms with Crippen LogP contribution in [0.3, 0.4) is 0 Å². The van der Waals surface area contributed by atoms with Crippen molar-refractivity contribution in [2.75, 3.05) is 5.32 Å². The Kier molecular flexibility index (Phi) is 5.57. The summed E-state index contributed by atoms with van der Waals surface area (Å²) < 4.78 is 56.8. The molecule has 2 aromatic rings. The number of carbonyl (C=O) groups excluding carboxylic acids is 1. The number of halogens is 2. The highest BCUT2D eigenvalue weighted by molar-refractivity contribution is 7.89. The summed E-state index contributed by atoms with van der Waals surface area (Å²) in [7, 11) is -2.23. The third-order valence-electron chi connectivity index (χ3n) is 5.69. The second kappa shape index (κ2) is 7.53. The van der Waals surface area contributed by atoms with E-state index in [9.17, 15) is 22.0 Å². The molecule has 2 N–H and O–H groups in total. The van der Waals surface area contributed by atoms with E-state index in [-0.39, 0.29) is 40.1 Å². The molecule has 0 fully saturated rings. The summed E-state index contributed by atoms with van der Waals surface area (Å²) in [6, 6.07) is 2.77. The van der Waals surface area contributed by atoms with Gasteiger partial charge < -0.3 is 9.88 Å². The van der Waals surface area contributed by atoms with Crippen molar-refractivity contribution in [2.24, 2.45) is 18.9 Å². The number of hydrogen-bond donors (Lipinski definition) is 2. The lowest BCUT2D eigenvalue weighted by Gasteiger charge is -2.29. The van der Waals surface area contributed by atoms with Gasteiger partial charge in [0.15, 0.2) is 11.6 Å². The Balaban J connectivity index is 2.08. The van der Waals surface area contributed by atoms with Gasteiger partial charge in [0, 0.05) is 36.6 Å². The average molecular weight is 426 g/mol. The van der Waals surface area contributed by atoms with Crippen molar-refractivity contribution in [3.8, 4) is 0 Å². The first kappa shape index (κ1) is 21.4. The van der Waals surface area contributed by atoms with E-state index in [0.29, 0.717) is 5.56 Å². The minimum Gasteiger partial charge on any atom is -0.345 e. The van der Waals surface area contributed by atoms with Gasteiger partial charge in [0.05, 0.1) is 0 Å². The molecule has 1 aromatic heterocycles. The number of carbonyl (C=O) groups is 1. The highest BCUT2D eigenvalue weighted by atomic mass is 32.2. The number of rotatable bonds is 3. The minimum atomic E-state index is -3.82. The number of nitrogens with zero attached hydrogens (tertiary/aromatic N) is 1. The molecule has 1 aliphatic heterocycles. The maximum absolute atomic E-state index is 13.5. The maximum Gasteiger partial charge on any atom is 0.272 e. The summed E-state index contributed by atoms with van der Waals surface area (Å²) in [6.45, 7) is 7.75. The van der Waals surface area contributed by atoms with Crippen LogP contribution in [0.25, 0.3) is 0 Å². The summed E-state index contributed by atoms with van der Waals surface area (Å²) in [4.78, 5) is 13.1. The van der Waals surface area contributed by atoms with Gasteiger partial charge in [0.1, 0.15) is 10.6 Å². The zero-order valence-electron chi connectivity index (χ0n) is 17.0. The van der Waals surface area contributed by atoms with E-state index in [1.165, 1.54) is 16.8 Å². The fourth-order valence-corrected chi connectivity index (χ4v) is 5.83. The Labute approximate surface area is 169 Å². The molecule has 3 atom stereocenters. The summed E-state index contributed by atoms with van der Waals surface area (Å²) >= 11 is 0. The topological polar surface area (TPSA) is 80.2 Å².